The predicted octanol–water partition coefficient (Wildman–Crippen LogP) is 3.07. The molecule has 0 radical (unpaired) electrons. The van der Waals surface area contributed by atoms with Crippen molar-refractivity contribution in [3.8, 4) is 5.75 Å². The summed E-state index contributed by atoms with van der Waals surface area (Å²) in [7, 11) is 1.25. The first-order valence-electron chi connectivity index (χ1n) is 8.58. The molecule has 0 aliphatic rings. The van der Waals surface area contributed by atoms with Gasteiger partial charge >= 0.3 is 11.9 Å². The Hall–Kier alpha value is -3.61. The zero-order chi connectivity index (χ0) is 20.4. The molecule has 2 aromatic carbocycles. The Labute approximate surface area is 162 Å². The van der Waals surface area contributed by atoms with Crippen LogP contribution in [-0.2, 0) is 19.1 Å². The molecule has 0 heterocycles. The zero-order valence-electron chi connectivity index (χ0n) is 15.6. The lowest BCUT2D eigenvalue weighted by atomic mass is 10.2. The molecule has 0 fully saturated rings. The number of hydrogen-bond donors (Lipinski definition) is 1. The minimum Gasteiger partial charge on any atom is -0.494 e. The number of rotatable bonds is 8. The van der Waals surface area contributed by atoms with E-state index >= 15 is 0 Å². The molecular weight excluding hydrogens is 362 g/mol. The van der Waals surface area contributed by atoms with Crippen LogP contribution >= 0.6 is 0 Å². The summed E-state index contributed by atoms with van der Waals surface area (Å²) in [6, 6.07) is 13.6. The largest absolute Gasteiger partial charge is 0.494 e. The van der Waals surface area contributed by atoms with Crippen molar-refractivity contribution in [1.29, 1.82) is 0 Å². The first kappa shape index (κ1) is 20.7. The smallest absolute Gasteiger partial charge is 0.339 e. The van der Waals surface area contributed by atoms with Gasteiger partial charge in [-0.3, -0.25) is 4.79 Å². The quantitative estimate of drug-likeness (QED) is 0.556. The minimum absolute atomic E-state index is 0.208. The van der Waals surface area contributed by atoms with Crippen molar-refractivity contribution in [3.63, 3.8) is 0 Å². The molecule has 7 nitrogen and oxygen atoms in total. The van der Waals surface area contributed by atoms with Gasteiger partial charge in [0.25, 0.3) is 5.91 Å². The van der Waals surface area contributed by atoms with Crippen LogP contribution in [0.3, 0.4) is 0 Å². The van der Waals surface area contributed by atoms with Gasteiger partial charge in [-0.2, -0.15) is 0 Å². The summed E-state index contributed by atoms with van der Waals surface area (Å²) in [4.78, 5) is 35.4. The molecule has 0 saturated carbocycles. The topological polar surface area (TPSA) is 90.9 Å². The Morgan fingerprint density at radius 3 is 2.43 bits per heavy atom. The number of methoxy groups -OCH3 is 1. The molecule has 0 saturated heterocycles. The molecule has 0 aliphatic heterocycles. The van der Waals surface area contributed by atoms with Gasteiger partial charge in [-0.25, -0.2) is 9.59 Å². The summed E-state index contributed by atoms with van der Waals surface area (Å²) in [6.45, 7) is 1.99. The van der Waals surface area contributed by atoms with Gasteiger partial charge in [0.2, 0.25) is 0 Å². The van der Waals surface area contributed by atoms with E-state index in [4.69, 9.17) is 9.47 Å². The molecule has 2 aromatic rings. The number of esters is 2. The van der Waals surface area contributed by atoms with E-state index in [9.17, 15) is 14.4 Å². The van der Waals surface area contributed by atoms with E-state index in [-0.39, 0.29) is 11.3 Å². The van der Waals surface area contributed by atoms with Gasteiger partial charge in [-0.05, 0) is 42.8 Å². The van der Waals surface area contributed by atoms with Gasteiger partial charge in [0, 0.05) is 6.08 Å². The maximum Gasteiger partial charge on any atom is 0.339 e. The van der Waals surface area contributed by atoms with E-state index in [0.29, 0.717) is 6.61 Å². The highest BCUT2D eigenvalue weighted by Crippen LogP contribution is 2.16. The second-order valence-electron chi connectivity index (χ2n) is 5.53. The van der Waals surface area contributed by atoms with Gasteiger partial charge in [0.15, 0.2) is 6.61 Å². The van der Waals surface area contributed by atoms with Crippen molar-refractivity contribution in [2.45, 2.75) is 6.92 Å². The Bertz CT molecular complexity index is 857. The second kappa shape index (κ2) is 10.5. The van der Waals surface area contributed by atoms with Gasteiger partial charge in [0.05, 0.1) is 25.0 Å². The number of ether oxygens (including phenoxy) is 3. The van der Waals surface area contributed by atoms with Gasteiger partial charge in [-0.15, -0.1) is 0 Å². The van der Waals surface area contributed by atoms with Crippen LogP contribution < -0.4 is 10.1 Å². The van der Waals surface area contributed by atoms with Gasteiger partial charge in [0.1, 0.15) is 5.75 Å². The lowest BCUT2D eigenvalue weighted by Crippen LogP contribution is -2.21. The van der Waals surface area contributed by atoms with Crippen LogP contribution in [0.1, 0.15) is 22.8 Å². The maximum absolute atomic E-state index is 12.0. The molecule has 28 heavy (non-hydrogen) atoms. The molecule has 0 spiro atoms. The average Bonchev–Trinajstić information content (AvgIpc) is 2.72. The molecule has 0 unspecified atom stereocenters. The van der Waals surface area contributed by atoms with Crippen LogP contribution in [-0.4, -0.2) is 38.2 Å². The van der Waals surface area contributed by atoms with Crippen LogP contribution in [0.5, 0.6) is 5.75 Å². The molecule has 7 heteroatoms. The van der Waals surface area contributed by atoms with Crippen molar-refractivity contribution in [1.82, 2.24) is 0 Å². The third-order valence-electron chi connectivity index (χ3n) is 3.55. The fourth-order valence-corrected chi connectivity index (χ4v) is 2.26. The Morgan fingerprint density at radius 2 is 1.75 bits per heavy atom. The van der Waals surface area contributed by atoms with Gasteiger partial charge < -0.3 is 19.5 Å². The van der Waals surface area contributed by atoms with E-state index in [2.05, 4.69) is 10.1 Å². The number of carbonyl (C=O) groups is 3. The molecular formula is C21H21NO6. The van der Waals surface area contributed by atoms with E-state index in [0.717, 1.165) is 11.3 Å². The zero-order valence-corrected chi connectivity index (χ0v) is 15.6. The lowest BCUT2D eigenvalue weighted by Gasteiger charge is -2.09. The highest BCUT2D eigenvalue weighted by atomic mass is 16.5. The molecule has 1 amide bonds. The van der Waals surface area contributed by atoms with E-state index in [1.165, 1.54) is 19.3 Å². The molecule has 0 bridgehead atoms. The van der Waals surface area contributed by atoms with Crippen LogP contribution in [0.2, 0.25) is 0 Å². The number of benzene rings is 2. The minimum atomic E-state index is -0.662. The van der Waals surface area contributed by atoms with E-state index < -0.39 is 24.5 Å². The fourth-order valence-electron chi connectivity index (χ4n) is 2.26. The Kier molecular flexibility index (Phi) is 7.77. The lowest BCUT2D eigenvalue weighted by molar-refractivity contribution is -0.142. The van der Waals surface area contributed by atoms with Crippen LogP contribution in [0, 0.1) is 0 Å². The monoisotopic (exact) mass is 383 g/mol. The second-order valence-corrected chi connectivity index (χ2v) is 5.53. The third kappa shape index (κ3) is 6.28. The first-order valence-corrected chi connectivity index (χ1v) is 8.58. The number of amides is 1. The highest BCUT2D eigenvalue weighted by molar-refractivity contribution is 6.02. The molecule has 1 N–H and O–H groups in total. The molecule has 2 rings (SSSR count). The summed E-state index contributed by atoms with van der Waals surface area (Å²) >= 11 is 0. The van der Waals surface area contributed by atoms with Crippen molar-refractivity contribution in [2.75, 3.05) is 25.6 Å². The number of para-hydroxylation sites is 1. The predicted molar refractivity (Wildman–Crippen MR) is 104 cm³/mol. The SMILES string of the molecule is CCOc1ccc(/C=C/C(=O)OCC(=O)Nc2ccccc2C(=O)OC)cc1. The highest BCUT2D eigenvalue weighted by Gasteiger charge is 2.13. The molecule has 0 aliphatic carbocycles. The summed E-state index contributed by atoms with van der Waals surface area (Å²) in [5.41, 5.74) is 1.28. The van der Waals surface area contributed by atoms with E-state index in [1.807, 2.05) is 6.92 Å². The number of anilines is 1. The molecule has 0 aromatic heterocycles. The van der Waals surface area contributed by atoms with Crippen LogP contribution in [0.25, 0.3) is 6.08 Å². The summed E-state index contributed by atoms with van der Waals surface area (Å²) in [5, 5.41) is 2.52. The Morgan fingerprint density at radius 1 is 1.04 bits per heavy atom. The van der Waals surface area contributed by atoms with Crippen molar-refractivity contribution in [3.05, 3.63) is 65.7 Å². The van der Waals surface area contributed by atoms with E-state index in [1.54, 1.807) is 48.5 Å². The van der Waals surface area contributed by atoms with Crippen molar-refractivity contribution >= 4 is 29.6 Å². The van der Waals surface area contributed by atoms with Gasteiger partial charge in [-0.1, -0.05) is 24.3 Å². The number of carbonyl (C=O) groups excluding carboxylic acids is 3. The number of hydrogen-bond acceptors (Lipinski definition) is 6. The fraction of sp³-hybridized carbons (Fsp3) is 0.190. The maximum atomic E-state index is 12.0. The molecule has 146 valence electrons. The number of nitrogens with one attached hydrogen (secondary N) is 1. The molecule has 0 atom stereocenters. The summed E-state index contributed by atoms with van der Waals surface area (Å²) < 4.78 is 14.9. The first-order chi connectivity index (χ1) is 13.5. The normalized spacial score (nSPS) is 10.4. The average molecular weight is 383 g/mol. The van der Waals surface area contributed by atoms with Crippen molar-refractivity contribution < 1.29 is 28.6 Å². The Balaban J connectivity index is 1.85. The van der Waals surface area contributed by atoms with Crippen LogP contribution in [0.15, 0.2) is 54.6 Å². The summed E-state index contributed by atoms with van der Waals surface area (Å²) in [6.07, 6.45) is 2.80. The standard InChI is InChI=1S/C21H21NO6/c1-3-27-16-11-8-15(9-12-16)10-13-20(24)28-14-19(23)22-18-7-5-4-6-17(18)21(25)26-2/h4-13H,3,14H2,1-2H3,(H,22,23)/b13-10+. The third-order valence-corrected chi connectivity index (χ3v) is 3.55. The summed E-state index contributed by atoms with van der Waals surface area (Å²) in [5.74, 6) is -1.07. The van der Waals surface area contributed by atoms with Crippen LogP contribution in [0.4, 0.5) is 5.69 Å². The van der Waals surface area contributed by atoms with Crippen molar-refractivity contribution in [2.24, 2.45) is 0 Å².